The van der Waals surface area contributed by atoms with E-state index >= 15 is 0 Å². The van der Waals surface area contributed by atoms with Crippen LogP contribution in [-0.4, -0.2) is 14.1 Å². The SMILES string of the molecule is CC(C)c1ccc(N2C=C(Cc3ccc(N(C)C)cc3)N=NN2)cc1. The summed E-state index contributed by atoms with van der Waals surface area (Å²) in [4.78, 5) is 2.09. The fraction of sp³-hybridized carbons (Fsp3) is 0.300. The molecular formula is C20H25N5. The Morgan fingerprint density at radius 2 is 1.68 bits per heavy atom. The lowest BCUT2D eigenvalue weighted by Crippen LogP contribution is -2.31. The quantitative estimate of drug-likeness (QED) is 0.865. The van der Waals surface area contributed by atoms with E-state index in [1.165, 1.54) is 16.8 Å². The zero-order valence-electron chi connectivity index (χ0n) is 15.3. The molecule has 3 rings (SSSR count). The molecule has 2 aromatic carbocycles. The molecule has 0 saturated carbocycles. The van der Waals surface area contributed by atoms with Crippen LogP contribution in [-0.2, 0) is 6.42 Å². The lowest BCUT2D eigenvalue weighted by molar-refractivity contribution is 0.660. The van der Waals surface area contributed by atoms with Gasteiger partial charge in [0.1, 0.15) is 0 Å². The van der Waals surface area contributed by atoms with Crippen LogP contribution in [0, 0.1) is 0 Å². The van der Waals surface area contributed by atoms with E-state index in [0.29, 0.717) is 5.92 Å². The summed E-state index contributed by atoms with van der Waals surface area (Å²) in [5.74, 6) is 0.527. The second-order valence-electron chi connectivity index (χ2n) is 6.77. The van der Waals surface area contributed by atoms with Crippen molar-refractivity contribution in [1.82, 2.24) is 5.53 Å². The minimum Gasteiger partial charge on any atom is -0.378 e. The highest BCUT2D eigenvalue weighted by atomic mass is 15.7. The van der Waals surface area contributed by atoms with Gasteiger partial charge in [0.2, 0.25) is 0 Å². The molecule has 1 aliphatic rings. The number of hydrogen-bond donors (Lipinski definition) is 1. The van der Waals surface area contributed by atoms with E-state index in [2.05, 4.69) is 83.2 Å². The predicted molar refractivity (Wildman–Crippen MR) is 104 cm³/mol. The topological polar surface area (TPSA) is 43.2 Å². The lowest BCUT2D eigenvalue weighted by atomic mass is 10.0. The first-order valence-electron chi connectivity index (χ1n) is 8.55. The van der Waals surface area contributed by atoms with Crippen LogP contribution < -0.4 is 15.4 Å². The van der Waals surface area contributed by atoms with Crippen LogP contribution in [0.3, 0.4) is 0 Å². The van der Waals surface area contributed by atoms with Crippen molar-refractivity contribution in [2.45, 2.75) is 26.2 Å². The molecule has 1 aliphatic heterocycles. The normalized spacial score (nSPS) is 13.6. The van der Waals surface area contributed by atoms with Crippen LogP contribution in [0.1, 0.15) is 30.9 Å². The van der Waals surface area contributed by atoms with E-state index in [0.717, 1.165) is 17.8 Å². The number of benzene rings is 2. The monoisotopic (exact) mass is 335 g/mol. The van der Waals surface area contributed by atoms with Crippen LogP contribution in [0.5, 0.6) is 0 Å². The van der Waals surface area contributed by atoms with Gasteiger partial charge in [0, 0.05) is 26.2 Å². The Kier molecular flexibility index (Phi) is 5.03. The fourth-order valence-corrected chi connectivity index (χ4v) is 2.69. The average molecular weight is 335 g/mol. The summed E-state index contributed by atoms with van der Waals surface area (Å²) >= 11 is 0. The maximum absolute atomic E-state index is 4.23. The van der Waals surface area contributed by atoms with Crippen molar-refractivity contribution < 1.29 is 0 Å². The van der Waals surface area contributed by atoms with Gasteiger partial charge in [-0.05, 0) is 41.3 Å². The minimum absolute atomic E-state index is 0.527. The largest absolute Gasteiger partial charge is 0.378 e. The molecule has 0 aromatic heterocycles. The van der Waals surface area contributed by atoms with Crippen molar-refractivity contribution in [3.63, 3.8) is 0 Å². The Bertz CT molecular complexity index is 758. The van der Waals surface area contributed by atoms with E-state index in [9.17, 15) is 0 Å². The molecule has 0 radical (unpaired) electrons. The van der Waals surface area contributed by atoms with E-state index in [1.54, 1.807) is 0 Å². The highest BCUT2D eigenvalue weighted by Gasteiger charge is 2.11. The molecule has 0 amide bonds. The first-order chi connectivity index (χ1) is 12.0. The van der Waals surface area contributed by atoms with E-state index in [-0.39, 0.29) is 0 Å². The highest BCUT2D eigenvalue weighted by Crippen LogP contribution is 2.22. The molecule has 5 heteroatoms. The zero-order chi connectivity index (χ0) is 17.8. The van der Waals surface area contributed by atoms with Crippen LogP contribution in [0.25, 0.3) is 0 Å². The standard InChI is InChI=1S/C20H25N5/c1-15(2)17-7-11-20(12-8-17)25-14-18(21-22-23-25)13-16-5-9-19(10-6-16)24(3)4/h5-12,14-15H,13H2,1-4H3,(H,21,23). The third-order valence-electron chi connectivity index (χ3n) is 4.28. The van der Waals surface area contributed by atoms with E-state index < -0.39 is 0 Å². The van der Waals surface area contributed by atoms with Gasteiger partial charge in [0.05, 0.1) is 17.6 Å². The van der Waals surface area contributed by atoms with Crippen molar-refractivity contribution >= 4 is 11.4 Å². The van der Waals surface area contributed by atoms with Crippen molar-refractivity contribution in [3.05, 3.63) is 71.6 Å². The van der Waals surface area contributed by atoms with Crippen LogP contribution in [0.4, 0.5) is 11.4 Å². The molecule has 0 unspecified atom stereocenters. The lowest BCUT2D eigenvalue weighted by Gasteiger charge is -2.23. The zero-order valence-corrected chi connectivity index (χ0v) is 15.3. The molecule has 0 fully saturated rings. The van der Waals surface area contributed by atoms with Crippen LogP contribution >= 0.6 is 0 Å². The summed E-state index contributed by atoms with van der Waals surface area (Å²) in [6.07, 6.45) is 2.75. The Morgan fingerprint density at radius 1 is 1.00 bits per heavy atom. The van der Waals surface area contributed by atoms with E-state index in [4.69, 9.17) is 0 Å². The second kappa shape index (κ2) is 7.38. The summed E-state index contributed by atoms with van der Waals surface area (Å²) < 4.78 is 0. The van der Waals surface area contributed by atoms with Gasteiger partial charge in [-0.15, -0.1) is 5.11 Å². The molecule has 0 saturated heterocycles. The molecule has 5 nitrogen and oxygen atoms in total. The number of hydrazine groups is 1. The number of rotatable bonds is 5. The van der Waals surface area contributed by atoms with Gasteiger partial charge in [0.15, 0.2) is 0 Å². The Balaban J connectivity index is 1.72. The summed E-state index contributed by atoms with van der Waals surface area (Å²) in [6, 6.07) is 17.0. The van der Waals surface area contributed by atoms with Gasteiger partial charge in [-0.2, -0.15) is 5.53 Å². The Morgan fingerprint density at radius 3 is 2.28 bits per heavy atom. The summed E-state index contributed by atoms with van der Waals surface area (Å²) in [5.41, 5.74) is 8.63. The molecular weight excluding hydrogens is 310 g/mol. The molecule has 1 N–H and O–H groups in total. The van der Waals surface area contributed by atoms with Gasteiger partial charge in [-0.1, -0.05) is 43.3 Å². The number of hydrogen-bond acceptors (Lipinski definition) is 5. The van der Waals surface area contributed by atoms with Gasteiger partial charge in [-0.25, -0.2) is 5.01 Å². The maximum atomic E-state index is 4.23. The molecule has 1 heterocycles. The van der Waals surface area contributed by atoms with Crippen molar-refractivity contribution in [2.24, 2.45) is 10.3 Å². The Labute approximate surface area is 149 Å². The smallest absolute Gasteiger partial charge is 0.0875 e. The molecule has 2 aromatic rings. The van der Waals surface area contributed by atoms with Crippen molar-refractivity contribution in [2.75, 3.05) is 24.0 Å². The Hall–Kier alpha value is -2.82. The number of nitrogens with zero attached hydrogens (tertiary/aromatic N) is 4. The number of nitrogens with one attached hydrogen (secondary N) is 1. The summed E-state index contributed by atoms with van der Waals surface area (Å²) in [5, 5.41) is 10.2. The number of anilines is 2. The van der Waals surface area contributed by atoms with Gasteiger partial charge in [-0.3, -0.25) is 0 Å². The van der Waals surface area contributed by atoms with Gasteiger partial charge in [0.25, 0.3) is 0 Å². The second-order valence-corrected chi connectivity index (χ2v) is 6.77. The average Bonchev–Trinajstić information content (AvgIpc) is 2.62. The van der Waals surface area contributed by atoms with Gasteiger partial charge < -0.3 is 4.90 Å². The van der Waals surface area contributed by atoms with Crippen molar-refractivity contribution in [3.8, 4) is 0 Å². The van der Waals surface area contributed by atoms with Gasteiger partial charge >= 0.3 is 0 Å². The first-order valence-corrected chi connectivity index (χ1v) is 8.55. The minimum atomic E-state index is 0.527. The van der Waals surface area contributed by atoms with Crippen LogP contribution in [0.2, 0.25) is 0 Å². The van der Waals surface area contributed by atoms with Crippen molar-refractivity contribution in [1.29, 1.82) is 0 Å². The van der Waals surface area contributed by atoms with E-state index in [1.807, 2.05) is 25.3 Å². The summed E-state index contributed by atoms with van der Waals surface area (Å²) in [7, 11) is 4.09. The van der Waals surface area contributed by atoms with Crippen LogP contribution in [0.15, 0.2) is 70.8 Å². The first kappa shape index (κ1) is 17.0. The highest BCUT2D eigenvalue weighted by molar-refractivity contribution is 5.51. The molecule has 130 valence electrons. The number of allylic oxidation sites excluding steroid dienone is 1. The molecule has 0 bridgehead atoms. The predicted octanol–water partition coefficient (Wildman–Crippen LogP) is 4.65. The molecule has 0 atom stereocenters. The third-order valence-corrected chi connectivity index (χ3v) is 4.28. The molecule has 25 heavy (non-hydrogen) atoms. The third kappa shape index (κ3) is 4.18. The maximum Gasteiger partial charge on any atom is 0.0875 e. The molecule has 0 aliphatic carbocycles. The molecule has 0 spiro atoms. The fourth-order valence-electron chi connectivity index (χ4n) is 2.69. The summed E-state index contributed by atoms with van der Waals surface area (Å²) in [6.45, 7) is 4.39.